The Morgan fingerprint density at radius 2 is 1.87 bits per heavy atom. The van der Waals surface area contributed by atoms with Gasteiger partial charge in [-0.05, 0) is 42.0 Å². The van der Waals surface area contributed by atoms with Crippen LogP contribution in [0.5, 0.6) is 0 Å². The minimum atomic E-state index is -0.308. The molecule has 6 nitrogen and oxygen atoms in total. The first-order chi connectivity index (χ1) is 15.0. The third-order valence-corrected chi connectivity index (χ3v) is 5.51. The lowest BCUT2D eigenvalue weighted by atomic mass is 10.1. The Balaban J connectivity index is 1.47. The Morgan fingerprint density at radius 3 is 2.71 bits per heavy atom. The van der Waals surface area contributed by atoms with Crippen LogP contribution in [0.1, 0.15) is 21.5 Å². The fourth-order valence-corrected chi connectivity index (χ4v) is 3.51. The average Bonchev–Trinajstić information content (AvgIpc) is 2.79. The molecule has 0 saturated carbocycles. The number of nitrogens with one attached hydrogen (secondary N) is 3. The molecule has 4 rings (SSSR count). The molecule has 2 heterocycles. The molecule has 3 aromatic rings. The van der Waals surface area contributed by atoms with Crippen molar-refractivity contribution in [3.8, 4) is 0 Å². The van der Waals surface area contributed by atoms with Gasteiger partial charge in [0.25, 0.3) is 11.8 Å². The van der Waals surface area contributed by atoms with Gasteiger partial charge in [-0.15, -0.1) is 0 Å². The zero-order chi connectivity index (χ0) is 21.8. The monoisotopic (exact) mass is 452 g/mol. The molecule has 2 aromatic carbocycles. The quantitative estimate of drug-likeness (QED) is 0.520. The van der Waals surface area contributed by atoms with E-state index in [-0.39, 0.29) is 18.4 Å². The van der Waals surface area contributed by atoms with E-state index >= 15 is 0 Å². The molecule has 156 valence electrons. The molecule has 1 aromatic heterocycles. The molecule has 0 fully saturated rings. The van der Waals surface area contributed by atoms with Crippen molar-refractivity contribution in [3.63, 3.8) is 0 Å². The maximum Gasteiger partial charge on any atom is 0.253 e. The molecular weight excluding hydrogens is 435 g/mol. The van der Waals surface area contributed by atoms with Gasteiger partial charge in [0.2, 0.25) is 0 Å². The molecule has 0 bridgehead atoms. The number of pyridine rings is 1. The average molecular weight is 453 g/mol. The van der Waals surface area contributed by atoms with E-state index in [4.69, 9.17) is 23.2 Å². The summed E-state index contributed by atoms with van der Waals surface area (Å²) < 4.78 is 0. The summed E-state index contributed by atoms with van der Waals surface area (Å²) >= 11 is 12.4. The van der Waals surface area contributed by atoms with E-state index in [0.29, 0.717) is 33.4 Å². The Morgan fingerprint density at radius 1 is 1.03 bits per heavy atom. The van der Waals surface area contributed by atoms with Crippen molar-refractivity contribution in [3.05, 3.63) is 93.2 Å². The number of carbonyl (C=O) groups excluding carboxylic acids is 2. The topological polar surface area (TPSA) is 83.1 Å². The fraction of sp³-hybridized carbons (Fsp3) is 0.0870. The second-order valence-corrected chi connectivity index (χ2v) is 7.72. The standard InChI is InChI=1S/C23H18Cl2N4O2/c24-18-4-2-1-3-15(18)12-28-22(30)14-5-6-19(25)21(10-14)29-23(31)17-9-16-11-26-8-7-20(16)27-13-17/h1-11,27H,12-13H2,(H,28,30)(H,29,31). The summed E-state index contributed by atoms with van der Waals surface area (Å²) in [5, 5.41) is 9.71. The van der Waals surface area contributed by atoms with E-state index in [2.05, 4.69) is 20.9 Å². The number of fused-ring (bicyclic) bond motifs is 1. The van der Waals surface area contributed by atoms with Crippen LogP contribution >= 0.6 is 23.2 Å². The number of anilines is 2. The van der Waals surface area contributed by atoms with Gasteiger partial charge in [0.15, 0.2) is 0 Å². The molecule has 8 heteroatoms. The number of halogens is 2. The summed E-state index contributed by atoms with van der Waals surface area (Å²) in [6.07, 6.45) is 5.15. The summed E-state index contributed by atoms with van der Waals surface area (Å²) in [6.45, 7) is 0.660. The van der Waals surface area contributed by atoms with E-state index in [1.54, 1.807) is 42.7 Å². The normalized spacial score (nSPS) is 12.3. The van der Waals surface area contributed by atoms with E-state index in [0.717, 1.165) is 16.8 Å². The summed E-state index contributed by atoms with van der Waals surface area (Å²) in [4.78, 5) is 29.4. The third kappa shape index (κ3) is 4.87. The van der Waals surface area contributed by atoms with Crippen LogP contribution in [0.25, 0.3) is 6.08 Å². The predicted octanol–water partition coefficient (Wildman–Crippen LogP) is 4.77. The zero-order valence-electron chi connectivity index (χ0n) is 16.3. The van der Waals surface area contributed by atoms with Crippen molar-refractivity contribution in [2.45, 2.75) is 6.54 Å². The van der Waals surface area contributed by atoms with Crippen molar-refractivity contribution in [2.75, 3.05) is 17.2 Å². The summed E-state index contributed by atoms with van der Waals surface area (Å²) in [6, 6.07) is 13.9. The van der Waals surface area contributed by atoms with Crippen LogP contribution in [-0.4, -0.2) is 23.3 Å². The Bertz CT molecular complexity index is 1190. The lowest BCUT2D eigenvalue weighted by Crippen LogP contribution is -2.24. The highest BCUT2D eigenvalue weighted by Crippen LogP contribution is 2.26. The van der Waals surface area contributed by atoms with Crippen LogP contribution in [0.3, 0.4) is 0 Å². The molecule has 1 aliphatic heterocycles. The minimum absolute atomic E-state index is 0.287. The van der Waals surface area contributed by atoms with Gasteiger partial charge in [0.1, 0.15) is 0 Å². The number of aromatic nitrogens is 1. The van der Waals surface area contributed by atoms with Crippen molar-refractivity contribution in [2.24, 2.45) is 0 Å². The number of amides is 2. The zero-order valence-corrected chi connectivity index (χ0v) is 17.8. The number of hydrogen-bond donors (Lipinski definition) is 3. The third-order valence-electron chi connectivity index (χ3n) is 4.82. The number of benzene rings is 2. The van der Waals surface area contributed by atoms with Crippen LogP contribution in [0.15, 0.2) is 66.5 Å². The molecule has 0 atom stereocenters. The maximum atomic E-state index is 12.7. The Kier molecular flexibility index (Phi) is 6.21. The van der Waals surface area contributed by atoms with Gasteiger partial charge in [-0.3, -0.25) is 14.6 Å². The maximum absolute atomic E-state index is 12.7. The second-order valence-electron chi connectivity index (χ2n) is 6.91. The van der Waals surface area contributed by atoms with Crippen molar-refractivity contribution in [1.82, 2.24) is 10.3 Å². The lowest BCUT2D eigenvalue weighted by molar-refractivity contribution is -0.112. The summed E-state index contributed by atoms with van der Waals surface area (Å²) in [7, 11) is 0. The van der Waals surface area contributed by atoms with E-state index in [1.165, 1.54) is 0 Å². The molecular formula is C23H18Cl2N4O2. The molecule has 2 amide bonds. The van der Waals surface area contributed by atoms with Crippen LogP contribution < -0.4 is 16.0 Å². The second kappa shape index (κ2) is 9.20. The van der Waals surface area contributed by atoms with Crippen molar-refractivity contribution >= 4 is 52.5 Å². The highest BCUT2D eigenvalue weighted by molar-refractivity contribution is 6.34. The smallest absolute Gasteiger partial charge is 0.253 e. The molecule has 3 N–H and O–H groups in total. The largest absolute Gasteiger partial charge is 0.380 e. The van der Waals surface area contributed by atoms with Gasteiger partial charge in [-0.1, -0.05) is 41.4 Å². The van der Waals surface area contributed by atoms with E-state index in [9.17, 15) is 9.59 Å². The molecule has 31 heavy (non-hydrogen) atoms. The molecule has 0 radical (unpaired) electrons. The van der Waals surface area contributed by atoms with E-state index < -0.39 is 0 Å². The van der Waals surface area contributed by atoms with E-state index in [1.807, 2.05) is 24.3 Å². The van der Waals surface area contributed by atoms with Gasteiger partial charge >= 0.3 is 0 Å². The van der Waals surface area contributed by atoms with Gasteiger partial charge in [0.05, 0.1) is 10.7 Å². The van der Waals surface area contributed by atoms with Crippen molar-refractivity contribution in [1.29, 1.82) is 0 Å². The SMILES string of the molecule is O=C(Nc1cc(C(=O)NCc2ccccc2Cl)ccc1Cl)C1=Cc2cnccc2NC1. The highest BCUT2D eigenvalue weighted by atomic mass is 35.5. The first-order valence-electron chi connectivity index (χ1n) is 9.52. The molecule has 1 aliphatic rings. The molecule has 0 aliphatic carbocycles. The number of hydrogen-bond acceptors (Lipinski definition) is 4. The highest BCUT2D eigenvalue weighted by Gasteiger charge is 2.18. The lowest BCUT2D eigenvalue weighted by Gasteiger charge is -2.18. The fourth-order valence-electron chi connectivity index (χ4n) is 3.14. The van der Waals surface area contributed by atoms with Gasteiger partial charge < -0.3 is 16.0 Å². The van der Waals surface area contributed by atoms with Gasteiger partial charge in [-0.25, -0.2) is 0 Å². The number of rotatable bonds is 5. The molecule has 0 spiro atoms. The van der Waals surface area contributed by atoms with Crippen LogP contribution in [0.2, 0.25) is 10.0 Å². The predicted molar refractivity (Wildman–Crippen MR) is 123 cm³/mol. The van der Waals surface area contributed by atoms with Gasteiger partial charge in [0, 0.05) is 52.9 Å². The summed E-state index contributed by atoms with van der Waals surface area (Å²) in [5.74, 6) is -0.608. The van der Waals surface area contributed by atoms with Gasteiger partial charge in [-0.2, -0.15) is 0 Å². The van der Waals surface area contributed by atoms with Crippen molar-refractivity contribution < 1.29 is 9.59 Å². The Hall–Kier alpha value is -3.35. The number of carbonyl (C=O) groups is 2. The first-order valence-corrected chi connectivity index (χ1v) is 10.3. The summed E-state index contributed by atoms with van der Waals surface area (Å²) in [5.41, 5.74) is 3.82. The molecule has 0 saturated heterocycles. The minimum Gasteiger partial charge on any atom is -0.380 e. The van der Waals surface area contributed by atoms with Crippen LogP contribution in [0, 0.1) is 0 Å². The van der Waals surface area contributed by atoms with Crippen LogP contribution in [-0.2, 0) is 11.3 Å². The first kappa shape index (κ1) is 20.9. The van der Waals surface area contributed by atoms with Crippen LogP contribution in [0.4, 0.5) is 11.4 Å². The molecule has 0 unspecified atom stereocenters. The number of nitrogens with zero attached hydrogens (tertiary/aromatic N) is 1. The Labute approximate surface area is 189 Å².